The lowest BCUT2D eigenvalue weighted by Gasteiger charge is -2.07. The van der Waals surface area contributed by atoms with Crippen LogP contribution in [0.15, 0.2) is 36.4 Å². The number of ether oxygens (including phenoxy) is 1. The molecule has 7 heteroatoms. The van der Waals surface area contributed by atoms with Crippen molar-refractivity contribution >= 4 is 34.4 Å². The molecule has 1 aromatic heterocycles. The molecule has 0 fully saturated rings. The molecule has 0 atom stereocenters. The molecule has 1 heterocycles. The zero-order valence-corrected chi connectivity index (χ0v) is 14.1. The molecule has 1 N–H and O–H groups in total. The van der Waals surface area contributed by atoms with Gasteiger partial charge < -0.3 is 9.84 Å². The third-order valence-electron chi connectivity index (χ3n) is 3.75. The number of hydrogen-bond donors (Lipinski definition) is 1. The summed E-state index contributed by atoms with van der Waals surface area (Å²) in [6, 6.07) is 8.82. The van der Waals surface area contributed by atoms with Crippen LogP contribution >= 0.6 is 11.6 Å². The number of aromatic nitrogens is 1. The number of phenols is 1. The largest absolute Gasteiger partial charge is 0.505 e. The number of carbonyl (C=O) groups is 2. The van der Waals surface area contributed by atoms with Crippen LogP contribution in [0, 0.1) is 12.7 Å². The van der Waals surface area contributed by atoms with Gasteiger partial charge in [0.05, 0.1) is 16.6 Å². The molecule has 0 unspecified atom stereocenters. The van der Waals surface area contributed by atoms with E-state index in [1.54, 1.807) is 18.2 Å². The Kier molecular flexibility index (Phi) is 4.22. The second-order valence-electron chi connectivity index (χ2n) is 5.45. The topological polar surface area (TPSA) is 68.5 Å². The molecule has 5 nitrogen and oxygen atoms in total. The molecule has 0 spiro atoms. The van der Waals surface area contributed by atoms with Crippen LogP contribution in [0.4, 0.5) is 4.39 Å². The van der Waals surface area contributed by atoms with Gasteiger partial charge in [-0.05, 0) is 37.3 Å². The van der Waals surface area contributed by atoms with E-state index >= 15 is 0 Å². The lowest BCUT2D eigenvalue weighted by molar-refractivity contribution is -0.131. The van der Waals surface area contributed by atoms with Crippen molar-refractivity contribution in [3.63, 3.8) is 0 Å². The standard InChI is InChI=1S/C18H13ClFNO4/c1-9-17(25-10(2)22)15-13(6-7-14(23)16(15)20)21(9)18(24)11-4-3-5-12(19)8-11/h3-8,23H,1-2H3. The molecule has 0 aliphatic rings. The van der Waals surface area contributed by atoms with Crippen LogP contribution in [-0.2, 0) is 4.79 Å². The van der Waals surface area contributed by atoms with Gasteiger partial charge in [-0.1, -0.05) is 17.7 Å². The summed E-state index contributed by atoms with van der Waals surface area (Å²) in [6.07, 6.45) is 0. The number of carbonyl (C=O) groups excluding carboxylic acids is 2. The Morgan fingerprint density at radius 3 is 2.60 bits per heavy atom. The van der Waals surface area contributed by atoms with Crippen molar-refractivity contribution in [1.29, 1.82) is 0 Å². The first-order valence-corrected chi connectivity index (χ1v) is 7.70. The highest BCUT2D eigenvalue weighted by Gasteiger charge is 2.25. The third kappa shape index (κ3) is 2.85. The Hall–Kier alpha value is -2.86. The maximum atomic E-state index is 14.4. The molecule has 3 aromatic rings. The van der Waals surface area contributed by atoms with Crippen LogP contribution < -0.4 is 4.74 Å². The Morgan fingerprint density at radius 2 is 1.96 bits per heavy atom. The first-order chi connectivity index (χ1) is 11.8. The number of benzene rings is 2. The molecule has 0 aliphatic heterocycles. The van der Waals surface area contributed by atoms with E-state index in [1.807, 2.05) is 0 Å². The third-order valence-corrected chi connectivity index (χ3v) is 3.99. The van der Waals surface area contributed by atoms with Crippen molar-refractivity contribution in [3.05, 3.63) is 58.5 Å². The predicted octanol–water partition coefficient (Wildman–Crippen LogP) is 4.06. The van der Waals surface area contributed by atoms with E-state index in [2.05, 4.69) is 0 Å². The van der Waals surface area contributed by atoms with E-state index in [1.165, 1.54) is 30.5 Å². The molecule has 0 bridgehead atoms. The molecule has 2 aromatic carbocycles. The van der Waals surface area contributed by atoms with Crippen molar-refractivity contribution in [2.45, 2.75) is 13.8 Å². The molecule has 3 rings (SSSR count). The van der Waals surface area contributed by atoms with Gasteiger partial charge in [0.2, 0.25) is 0 Å². The van der Waals surface area contributed by atoms with Gasteiger partial charge in [-0.3, -0.25) is 14.2 Å². The van der Waals surface area contributed by atoms with Crippen molar-refractivity contribution in [1.82, 2.24) is 4.57 Å². The fourth-order valence-electron chi connectivity index (χ4n) is 2.70. The van der Waals surface area contributed by atoms with Gasteiger partial charge >= 0.3 is 5.97 Å². The van der Waals surface area contributed by atoms with E-state index < -0.39 is 23.4 Å². The minimum absolute atomic E-state index is 0.105. The molecule has 128 valence electrons. The lowest BCUT2D eigenvalue weighted by Crippen LogP contribution is -2.13. The fraction of sp³-hybridized carbons (Fsp3) is 0.111. The van der Waals surface area contributed by atoms with E-state index in [9.17, 15) is 19.1 Å². The van der Waals surface area contributed by atoms with Crippen LogP contribution in [0.5, 0.6) is 11.5 Å². The van der Waals surface area contributed by atoms with Gasteiger partial charge in [0.25, 0.3) is 5.91 Å². The lowest BCUT2D eigenvalue weighted by atomic mass is 10.2. The van der Waals surface area contributed by atoms with Crippen LogP contribution in [0.3, 0.4) is 0 Å². The van der Waals surface area contributed by atoms with E-state index in [4.69, 9.17) is 16.3 Å². The number of hydrogen-bond acceptors (Lipinski definition) is 4. The molecule has 0 saturated carbocycles. The van der Waals surface area contributed by atoms with Crippen LogP contribution in [-0.4, -0.2) is 21.6 Å². The van der Waals surface area contributed by atoms with Crippen molar-refractivity contribution in [2.24, 2.45) is 0 Å². The average Bonchev–Trinajstić information content (AvgIpc) is 2.82. The van der Waals surface area contributed by atoms with Gasteiger partial charge in [0.1, 0.15) is 0 Å². The maximum Gasteiger partial charge on any atom is 0.308 e. The normalized spacial score (nSPS) is 10.9. The fourth-order valence-corrected chi connectivity index (χ4v) is 2.89. The minimum atomic E-state index is -0.963. The highest BCUT2D eigenvalue weighted by Crippen LogP contribution is 2.38. The maximum absolute atomic E-state index is 14.4. The molecule has 25 heavy (non-hydrogen) atoms. The predicted molar refractivity (Wildman–Crippen MR) is 90.8 cm³/mol. The first-order valence-electron chi connectivity index (χ1n) is 7.32. The Balaban J connectivity index is 2.32. The van der Waals surface area contributed by atoms with Crippen LogP contribution in [0.25, 0.3) is 10.9 Å². The van der Waals surface area contributed by atoms with Gasteiger partial charge in [-0.15, -0.1) is 0 Å². The SMILES string of the molecule is CC(=O)Oc1c(C)n(C(=O)c2cccc(Cl)c2)c2ccc(O)c(F)c12. The van der Waals surface area contributed by atoms with E-state index in [0.717, 1.165) is 6.07 Å². The summed E-state index contributed by atoms with van der Waals surface area (Å²) in [6.45, 7) is 2.69. The Bertz CT molecular complexity index is 1030. The zero-order valence-electron chi connectivity index (χ0n) is 13.3. The second kappa shape index (κ2) is 6.22. The quantitative estimate of drug-likeness (QED) is 0.699. The van der Waals surface area contributed by atoms with E-state index in [-0.39, 0.29) is 27.9 Å². The summed E-state index contributed by atoms with van der Waals surface area (Å²) in [5.74, 6) is -2.80. The van der Waals surface area contributed by atoms with Gasteiger partial charge in [0.15, 0.2) is 17.3 Å². The molecule has 0 aliphatic carbocycles. The minimum Gasteiger partial charge on any atom is -0.505 e. The van der Waals surface area contributed by atoms with Gasteiger partial charge in [-0.25, -0.2) is 4.39 Å². The molecule has 0 radical (unpaired) electrons. The van der Waals surface area contributed by atoms with Gasteiger partial charge in [0, 0.05) is 17.5 Å². The number of nitrogens with zero attached hydrogens (tertiary/aromatic N) is 1. The second-order valence-corrected chi connectivity index (χ2v) is 5.89. The van der Waals surface area contributed by atoms with Gasteiger partial charge in [-0.2, -0.15) is 0 Å². The highest BCUT2D eigenvalue weighted by atomic mass is 35.5. The first kappa shape index (κ1) is 17.0. The Labute approximate surface area is 147 Å². The average molecular weight is 362 g/mol. The van der Waals surface area contributed by atoms with Crippen LogP contribution in [0.2, 0.25) is 5.02 Å². The number of rotatable bonds is 2. The number of aromatic hydroxyl groups is 1. The number of halogens is 2. The summed E-state index contributed by atoms with van der Waals surface area (Å²) >= 11 is 5.93. The van der Waals surface area contributed by atoms with Crippen LogP contribution in [0.1, 0.15) is 23.0 Å². The van der Waals surface area contributed by atoms with Crippen molar-refractivity contribution in [2.75, 3.05) is 0 Å². The summed E-state index contributed by atoms with van der Waals surface area (Å²) < 4.78 is 20.8. The Morgan fingerprint density at radius 1 is 1.24 bits per heavy atom. The molecule has 0 amide bonds. The summed E-state index contributed by atoms with van der Waals surface area (Å²) in [7, 11) is 0. The summed E-state index contributed by atoms with van der Waals surface area (Å²) in [5.41, 5.74) is 0.698. The number of fused-ring (bicyclic) bond motifs is 1. The monoisotopic (exact) mass is 361 g/mol. The molecule has 0 saturated heterocycles. The molecular formula is C18H13ClFNO4. The zero-order chi connectivity index (χ0) is 18.3. The summed E-state index contributed by atoms with van der Waals surface area (Å²) in [4.78, 5) is 24.3. The van der Waals surface area contributed by atoms with Crippen molar-refractivity contribution < 1.29 is 23.8 Å². The highest BCUT2D eigenvalue weighted by molar-refractivity contribution is 6.31. The summed E-state index contributed by atoms with van der Waals surface area (Å²) in [5, 5.41) is 9.88. The van der Waals surface area contributed by atoms with E-state index in [0.29, 0.717) is 5.02 Å². The molecular weight excluding hydrogens is 349 g/mol. The number of esters is 1. The smallest absolute Gasteiger partial charge is 0.308 e. The van der Waals surface area contributed by atoms with Crippen molar-refractivity contribution in [3.8, 4) is 11.5 Å². The number of phenolic OH excluding ortho intramolecular Hbond substituents is 1.